The quantitative estimate of drug-likeness (QED) is 0.626. The summed E-state index contributed by atoms with van der Waals surface area (Å²) in [5.41, 5.74) is 2.14. The first kappa shape index (κ1) is 18.0. The number of fused-ring (bicyclic) bond motifs is 1. The molecule has 0 aliphatic heterocycles. The first-order valence-electron chi connectivity index (χ1n) is 8.40. The zero-order valence-electron chi connectivity index (χ0n) is 14.4. The summed E-state index contributed by atoms with van der Waals surface area (Å²) in [6, 6.07) is 15.1. The summed E-state index contributed by atoms with van der Waals surface area (Å²) in [4.78, 5) is 4.89. The van der Waals surface area contributed by atoms with E-state index in [-0.39, 0.29) is 0 Å². The summed E-state index contributed by atoms with van der Waals surface area (Å²) >= 11 is 1.67. The normalized spacial score (nSPS) is 12.1. The van der Waals surface area contributed by atoms with E-state index in [9.17, 15) is 8.42 Å². The van der Waals surface area contributed by atoms with Crippen LogP contribution in [-0.2, 0) is 16.4 Å². The number of aromatic nitrogens is 1. The highest BCUT2D eigenvalue weighted by molar-refractivity contribution is 7.89. The third-order valence-electron chi connectivity index (χ3n) is 4.05. The zero-order chi connectivity index (χ0) is 17.9. The van der Waals surface area contributed by atoms with Gasteiger partial charge in [-0.1, -0.05) is 38.1 Å². The Bertz CT molecular complexity index is 912. The van der Waals surface area contributed by atoms with Gasteiger partial charge in [0.15, 0.2) is 0 Å². The number of benzene rings is 2. The Morgan fingerprint density at radius 3 is 2.48 bits per heavy atom. The second-order valence-corrected chi connectivity index (χ2v) is 9.18. The molecule has 0 atom stereocenters. The molecule has 1 aromatic heterocycles. The number of sulfonamides is 1. The first-order valence-corrected chi connectivity index (χ1v) is 10.7. The van der Waals surface area contributed by atoms with Gasteiger partial charge in [0.1, 0.15) is 0 Å². The number of para-hydroxylation sites is 1. The van der Waals surface area contributed by atoms with Crippen molar-refractivity contribution in [2.45, 2.75) is 37.5 Å². The number of hydrogen-bond acceptors (Lipinski definition) is 4. The molecule has 0 bridgehead atoms. The highest BCUT2D eigenvalue weighted by Gasteiger charge is 2.13. The summed E-state index contributed by atoms with van der Waals surface area (Å²) in [5, 5.41) is 1.04. The molecule has 6 heteroatoms. The maximum Gasteiger partial charge on any atom is 0.240 e. The smallest absolute Gasteiger partial charge is 0.240 e. The van der Waals surface area contributed by atoms with Crippen molar-refractivity contribution in [1.29, 1.82) is 0 Å². The highest BCUT2D eigenvalue weighted by atomic mass is 32.2. The topological polar surface area (TPSA) is 59.1 Å². The molecule has 0 saturated carbocycles. The van der Waals surface area contributed by atoms with E-state index in [0.29, 0.717) is 17.4 Å². The van der Waals surface area contributed by atoms with E-state index in [2.05, 4.69) is 29.6 Å². The van der Waals surface area contributed by atoms with Gasteiger partial charge in [-0.25, -0.2) is 18.1 Å². The van der Waals surface area contributed by atoms with Crippen molar-refractivity contribution < 1.29 is 8.42 Å². The lowest BCUT2D eigenvalue weighted by Crippen LogP contribution is -2.25. The fourth-order valence-corrected chi connectivity index (χ4v) is 4.67. The van der Waals surface area contributed by atoms with E-state index >= 15 is 0 Å². The number of hydrogen-bond donors (Lipinski definition) is 1. The summed E-state index contributed by atoms with van der Waals surface area (Å²) < 4.78 is 28.5. The molecule has 3 rings (SSSR count). The molecule has 0 amide bonds. The Labute approximate surface area is 153 Å². The third-order valence-corrected chi connectivity index (χ3v) is 6.63. The number of aryl methyl sites for hydroxylation is 1. The molecule has 0 aliphatic rings. The van der Waals surface area contributed by atoms with E-state index in [1.165, 1.54) is 4.70 Å². The molecule has 132 valence electrons. The minimum Gasteiger partial charge on any atom is -0.241 e. The van der Waals surface area contributed by atoms with E-state index < -0.39 is 10.0 Å². The standard InChI is InChI=1S/C19H22N2O2S2/c1-14(2)15-9-11-16(12-10-15)25(22,23)20-13-5-8-19-21-17-6-3-4-7-18(17)24-19/h3-4,6-7,9-12,14,20H,5,8,13H2,1-2H3. The summed E-state index contributed by atoms with van der Waals surface area (Å²) in [5.74, 6) is 0.388. The first-order chi connectivity index (χ1) is 12.0. The number of rotatable bonds is 7. The Balaban J connectivity index is 1.55. The average molecular weight is 375 g/mol. The Morgan fingerprint density at radius 2 is 1.80 bits per heavy atom. The van der Waals surface area contributed by atoms with Crippen molar-refractivity contribution in [1.82, 2.24) is 9.71 Å². The zero-order valence-corrected chi connectivity index (χ0v) is 16.0. The van der Waals surface area contributed by atoms with Crippen LogP contribution >= 0.6 is 11.3 Å². The van der Waals surface area contributed by atoms with Crippen LogP contribution < -0.4 is 4.72 Å². The molecular formula is C19H22N2O2S2. The lowest BCUT2D eigenvalue weighted by atomic mass is 10.0. The van der Waals surface area contributed by atoms with Crippen molar-refractivity contribution in [2.75, 3.05) is 6.54 Å². The predicted molar refractivity (Wildman–Crippen MR) is 104 cm³/mol. The van der Waals surface area contributed by atoms with Gasteiger partial charge in [0.25, 0.3) is 0 Å². The molecule has 0 spiro atoms. The molecule has 4 nitrogen and oxygen atoms in total. The molecule has 0 radical (unpaired) electrons. The Morgan fingerprint density at radius 1 is 1.08 bits per heavy atom. The molecular weight excluding hydrogens is 352 g/mol. The lowest BCUT2D eigenvalue weighted by molar-refractivity contribution is 0.579. The minimum atomic E-state index is -3.45. The van der Waals surface area contributed by atoms with Crippen molar-refractivity contribution >= 4 is 31.6 Å². The second kappa shape index (κ2) is 7.64. The highest BCUT2D eigenvalue weighted by Crippen LogP contribution is 2.22. The van der Waals surface area contributed by atoms with Crippen LogP contribution in [0.2, 0.25) is 0 Å². The number of nitrogens with one attached hydrogen (secondary N) is 1. The third kappa shape index (κ3) is 4.45. The van der Waals surface area contributed by atoms with Crippen LogP contribution in [-0.4, -0.2) is 19.9 Å². The minimum absolute atomic E-state index is 0.317. The van der Waals surface area contributed by atoms with Gasteiger partial charge >= 0.3 is 0 Å². The van der Waals surface area contributed by atoms with Gasteiger partial charge in [-0.05, 0) is 42.2 Å². The molecule has 25 heavy (non-hydrogen) atoms. The maximum atomic E-state index is 12.3. The Hall–Kier alpha value is -1.76. The molecule has 3 aromatic rings. The van der Waals surface area contributed by atoms with Crippen LogP contribution in [0.25, 0.3) is 10.2 Å². The largest absolute Gasteiger partial charge is 0.241 e. The molecule has 1 N–H and O–H groups in total. The molecule has 2 aromatic carbocycles. The van der Waals surface area contributed by atoms with E-state index in [0.717, 1.165) is 28.9 Å². The van der Waals surface area contributed by atoms with Crippen LogP contribution in [0, 0.1) is 0 Å². The molecule has 0 unspecified atom stereocenters. The fraction of sp³-hybridized carbons (Fsp3) is 0.316. The van der Waals surface area contributed by atoms with Gasteiger partial charge in [-0.3, -0.25) is 0 Å². The van der Waals surface area contributed by atoms with Crippen LogP contribution in [0.15, 0.2) is 53.4 Å². The van der Waals surface area contributed by atoms with Gasteiger partial charge in [0.2, 0.25) is 10.0 Å². The molecule has 1 heterocycles. The molecule has 0 saturated heterocycles. The van der Waals surface area contributed by atoms with Crippen molar-refractivity contribution in [3.05, 3.63) is 59.1 Å². The van der Waals surface area contributed by atoms with Gasteiger partial charge in [0.05, 0.1) is 20.1 Å². The summed E-state index contributed by atoms with van der Waals surface area (Å²) in [6.45, 7) is 4.58. The fourth-order valence-electron chi connectivity index (χ4n) is 2.59. The lowest BCUT2D eigenvalue weighted by Gasteiger charge is -2.09. The van der Waals surface area contributed by atoms with Crippen molar-refractivity contribution in [2.24, 2.45) is 0 Å². The number of nitrogens with zero attached hydrogens (tertiary/aromatic N) is 1. The second-order valence-electron chi connectivity index (χ2n) is 6.30. The number of thiazole rings is 1. The summed E-state index contributed by atoms with van der Waals surface area (Å²) in [6.07, 6.45) is 1.50. The van der Waals surface area contributed by atoms with E-state index in [1.807, 2.05) is 30.3 Å². The van der Waals surface area contributed by atoms with Crippen LogP contribution in [0.4, 0.5) is 0 Å². The SMILES string of the molecule is CC(C)c1ccc(S(=O)(=O)NCCCc2nc3ccccc3s2)cc1. The molecule has 0 fully saturated rings. The van der Waals surface area contributed by atoms with Crippen LogP contribution in [0.3, 0.4) is 0 Å². The Kier molecular flexibility index (Phi) is 5.51. The van der Waals surface area contributed by atoms with E-state index in [1.54, 1.807) is 23.5 Å². The van der Waals surface area contributed by atoms with Gasteiger partial charge in [0, 0.05) is 13.0 Å². The average Bonchev–Trinajstić information content (AvgIpc) is 3.01. The predicted octanol–water partition coefficient (Wildman–Crippen LogP) is 4.33. The van der Waals surface area contributed by atoms with Gasteiger partial charge < -0.3 is 0 Å². The van der Waals surface area contributed by atoms with E-state index in [4.69, 9.17) is 0 Å². The van der Waals surface area contributed by atoms with Crippen molar-refractivity contribution in [3.8, 4) is 0 Å². The monoisotopic (exact) mass is 374 g/mol. The van der Waals surface area contributed by atoms with Crippen LogP contribution in [0.1, 0.15) is 36.8 Å². The summed E-state index contributed by atoms with van der Waals surface area (Å²) in [7, 11) is -3.45. The maximum absolute atomic E-state index is 12.3. The van der Waals surface area contributed by atoms with Gasteiger partial charge in [-0.2, -0.15) is 0 Å². The molecule has 0 aliphatic carbocycles. The van der Waals surface area contributed by atoms with Gasteiger partial charge in [-0.15, -0.1) is 11.3 Å². The van der Waals surface area contributed by atoms with Crippen molar-refractivity contribution in [3.63, 3.8) is 0 Å². The van der Waals surface area contributed by atoms with Crippen LogP contribution in [0.5, 0.6) is 0 Å².